The normalized spacial score (nSPS) is 14.5. The van der Waals surface area contributed by atoms with Crippen molar-refractivity contribution in [2.24, 2.45) is 0 Å². The number of hydrogen-bond donors (Lipinski definition) is 0. The molecular formula is C30H27N3O4S2. The highest BCUT2D eigenvalue weighted by Crippen LogP contribution is 2.34. The van der Waals surface area contributed by atoms with Gasteiger partial charge in [-0.3, -0.25) is 18.9 Å². The van der Waals surface area contributed by atoms with Crippen molar-refractivity contribution in [1.82, 2.24) is 14.3 Å². The van der Waals surface area contributed by atoms with E-state index in [1.165, 1.54) is 16.2 Å². The van der Waals surface area contributed by atoms with Crippen molar-refractivity contribution >= 4 is 45.9 Å². The zero-order valence-corrected chi connectivity index (χ0v) is 23.7. The topological polar surface area (TPSA) is 73.1 Å². The second-order valence-electron chi connectivity index (χ2n) is 9.38. The lowest BCUT2D eigenvalue weighted by molar-refractivity contribution is -0.122. The van der Waals surface area contributed by atoms with E-state index < -0.39 is 0 Å². The van der Waals surface area contributed by atoms with Gasteiger partial charge in [-0.25, -0.2) is 0 Å². The van der Waals surface area contributed by atoms with Gasteiger partial charge in [-0.1, -0.05) is 48.2 Å². The van der Waals surface area contributed by atoms with E-state index in [4.69, 9.17) is 26.7 Å². The molecule has 0 saturated carbocycles. The Morgan fingerprint density at radius 1 is 1.00 bits per heavy atom. The number of rotatable bonds is 7. The van der Waals surface area contributed by atoms with E-state index in [2.05, 4.69) is 0 Å². The first-order chi connectivity index (χ1) is 18.7. The average molecular weight is 558 g/mol. The number of methoxy groups -OCH3 is 1. The molecule has 3 heterocycles. The average Bonchev–Trinajstić information content (AvgIpc) is 3.17. The highest BCUT2D eigenvalue weighted by Gasteiger charge is 2.32. The number of aryl methyl sites for hydroxylation is 3. The van der Waals surface area contributed by atoms with Gasteiger partial charge in [0.2, 0.25) is 5.88 Å². The molecule has 0 aliphatic carbocycles. The van der Waals surface area contributed by atoms with Crippen LogP contribution in [-0.4, -0.2) is 38.2 Å². The van der Waals surface area contributed by atoms with Crippen LogP contribution >= 0.6 is 24.0 Å². The number of fused-ring (bicyclic) bond motifs is 1. The van der Waals surface area contributed by atoms with E-state index in [1.54, 1.807) is 30.3 Å². The SMILES string of the molecule is COc1ccc(CCN2C(=O)/C(=C\c3c(Oc4cc(C)cc(C)c4)nc4c(C)cccn4c3=O)SC2=S)cc1. The first kappa shape index (κ1) is 26.6. The van der Waals surface area contributed by atoms with Crippen LogP contribution in [0.25, 0.3) is 11.7 Å². The van der Waals surface area contributed by atoms with Crippen LogP contribution in [0.2, 0.25) is 0 Å². The molecule has 1 aliphatic heterocycles. The molecule has 9 heteroatoms. The second kappa shape index (κ2) is 11.0. The maximum absolute atomic E-state index is 13.7. The summed E-state index contributed by atoms with van der Waals surface area (Å²) >= 11 is 6.71. The van der Waals surface area contributed by atoms with Gasteiger partial charge in [-0.2, -0.15) is 4.98 Å². The van der Waals surface area contributed by atoms with Crippen LogP contribution < -0.4 is 15.0 Å². The van der Waals surface area contributed by atoms with Crippen molar-refractivity contribution < 1.29 is 14.3 Å². The van der Waals surface area contributed by atoms with Gasteiger partial charge in [0.1, 0.15) is 27.0 Å². The molecule has 0 spiro atoms. The van der Waals surface area contributed by atoms with E-state index in [9.17, 15) is 9.59 Å². The van der Waals surface area contributed by atoms with Crippen LogP contribution in [0, 0.1) is 20.8 Å². The van der Waals surface area contributed by atoms with Crippen LogP contribution in [0.15, 0.2) is 70.5 Å². The Balaban J connectivity index is 1.50. The highest BCUT2D eigenvalue weighted by molar-refractivity contribution is 8.26. The predicted molar refractivity (Wildman–Crippen MR) is 159 cm³/mol. The Hall–Kier alpha value is -3.95. The van der Waals surface area contributed by atoms with Crippen molar-refractivity contribution in [3.8, 4) is 17.4 Å². The molecule has 1 amide bonds. The zero-order chi connectivity index (χ0) is 27.7. The van der Waals surface area contributed by atoms with Crippen molar-refractivity contribution in [2.45, 2.75) is 27.2 Å². The smallest absolute Gasteiger partial charge is 0.269 e. The summed E-state index contributed by atoms with van der Waals surface area (Å²) in [5, 5.41) is 0. The fourth-order valence-corrected chi connectivity index (χ4v) is 5.74. The lowest BCUT2D eigenvalue weighted by Crippen LogP contribution is -2.30. The summed E-state index contributed by atoms with van der Waals surface area (Å²) in [5.41, 5.74) is 4.29. The van der Waals surface area contributed by atoms with Crippen molar-refractivity contribution in [3.63, 3.8) is 0 Å². The van der Waals surface area contributed by atoms with Gasteiger partial charge >= 0.3 is 0 Å². The fraction of sp³-hybridized carbons (Fsp3) is 0.200. The standard InChI is InChI=1S/C30H27N3O4S2/c1-18-14-19(2)16-23(15-18)37-27-24(28(34)32-12-5-6-20(3)26(32)31-27)17-25-29(35)33(30(38)39-25)13-11-21-7-9-22(36-4)10-8-21/h5-10,12,14-17H,11,13H2,1-4H3/b25-17+. The van der Waals surface area contributed by atoms with Crippen LogP contribution in [0.5, 0.6) is 17.4 Å². The number of benzene rings is 2. The molecule has 4 aromatic rings. The zero-order valence-electron chi connectivity index (χ0n) is 22.1. The molecule has 39 heavy (non-hydrogen) atoms. The summed E-state index contributed by atoms with van der Waals surface area (Å²) in [6.45, 7) is 6.26. The predicted octanol–water partition coefficient (Wildman–Crippen LogP) is 5.86. The molecule has 198 valence electrons. The number of thiocarbonyl (C=S) groups is 1. The number of pyridine rings is 1. The molecule has 1 fully saturated rings. The molecule has 1 saturated heterocycles. The van der Waals surface area contributed by atoms with Crippen LogP contribution in [0.4, 0.5) is 0 Å². The largest absolute Gasteiger partial charge is 0.497 e. The van der Waals surface area contributed by atoms with E-state index >= 15 is 0 Å². The Kier molecular flexibility index (Phi) is 7.54. The van der Waals surface area contributed by atoms with E-state index in [-0.39, 0.29) is 22.9 Å². The number of carbonyl (C=O) groups excluding carboxylic acids is 1. The van der Waals surface area contributed by atoms with E-state index in [1.807, 2.05) is 69.3 Å². The number of aromatic nitrogens is 2. The number of amides is 1. The van der Waals surface area contributed by atoms with Gasteiger partial charge in [0, 0.05) is 12.7 Å². The van der Waals surface area contributed by atoms with E-state index in [0.29, 0.717) is 33.6 Å². The molecule has 0 N–H and O–H groups in total. The fourth-order valence-electron chi connectivity index (χ4n) is 4.45. The van der Waals surface area contributed by atoms with Crippen LogP contribution in [0.1, 0.15) is 27.8 Å². The summed E-state index contributed by atoms with van der Waals surface area (Å²) in [6, 6.07) is 17.2. The van der Waals surface area contributed by atoms with Gasteiger partial charge in [0.25, 0.3) is 11.5 Å². The molecule has 7 nitrogen and oxygen atoms in total. The third-order valence-corrected chi connectivity index (χ3v) is 7.77. The minimum Gasteiger partial charge on any atom is -0.497 e. The summed E-state index contributed by atoms with van der Waals surface area (Å²) in [5.74, 6) is 1.24. The Labute approximate surface area is 236 Å². The minimum atomic E-state index is -0.327. The number of nitrogens with zero attached hydrogens (tertiary/aromatic N) is 3. The van der Waals surface area contributed by atoms with Crippen molar-refractivity contribution in [1.29, 1.82) is 0 Å². The van der Waals surface area contributed by atoms with Gasteiger partial charge in [-0.05, 0) is 85.9 Å². The van der Waals surface area contributed by atoms with Crippen LogP contribution in [-0.2, 0) is 11.2 Å². The Morgan fingerprint density at radius 3 is 2.41 bits per heavy atom. The van der Waals surface area contributed by atoms with Crippen molar-refractivity contribution in [3.05, 3.63) is 104 Å². The first-order valence-corrected chi connectivity index (χ1v) is 13.6. The Bertz CT molecular complexity index is 1670. The number of ether oxygens (including phenoxy) is 2. The maximum Gasteiger partial charge on any atom is 0.269 e. The lowest BCUT2D eigenvalue weighted by atomic mass is 10.1. The summed E-state index contributed by atoms with van der Waals surface area (Å²) in [7, 11) is 1.62. The van der Waals surface area contributed by atoms with Gasteiger partial charge in [-0.15, -0.1) is 0 Å². The first-order valence-electron chi connectivity index (χ1n) is 12.4. The monoisotopic (exact) mass is 557 g/mol. The molecule has 0 unspecified atom stereocenters. The Morgan fingerprint density at radius 2 is 1.72 bits per heavy atom. The summed E-state index contributed by atoms with van der Waals surface area (Å²) in [6.07, 6.45) is 3.84. The molecule has 1 aliphatic rings. The van der Waals surface area contributed by atoms with Gasteiger partial charge < -0.3 is 9.47 Å². The third kappa shape index (κ3) is 5.60. The number of thioether (sulfide) groups is 1. The lowest BCUT2D eigenvalue weighted by Gasteiger charge is -2.14. The molecule has 0 atom stereocenters. The number of hydrogen-bond acceptors (Lipinski definition) is 7. The quantitative estimate of drug-likeness (QED) is 0.208. The molecule has 2 aromatic heterocycles. The summed E-state index contributed by atoms with van der Waals surface area (Å²) < 4.78 is 13.3. The minimum absolute atomic E-state index is 0.141. The molecular weight excluding hydrogens is 530 g/mol. The van der Waals surface area contributed by atoms with E-state index in [0.717, 1.165) is 28.0 Å². The molecule has 2 aromatic carbocycles. The summed E-state index contributed by atoms with van der Waals surface area (Å²) in [4.78, 5) is 33.7. The highest BCUT2D eigenvalue weighted by atomic mass is 32.2. The molecule has 5 rings (SSSR count). The third-order valence-electron chi connectivity index (χ3n) is 6.39. The van der Waals surface area contributed by atoms with Crippen LogP contribution in [0.3, 0.4) is 0 Å². The number of carbonyl (C=O) groups is 1. The van der Waals surface area contributed by atoms with Crippen molar-refractivity contribution in [2.75, 3.05) is 13.7 Å². The van der Waals surface area contributed by atoms with Gasteiger partial charge in [0.05, 0.1) is 12.0 Å². The van der Waals surface area contributed by atoms with Gasteiger partial charge in [0.15, 0.2) is 0 Å². The second-order valence-corrected chi connectivity index (χ2v) is 11.1. The maximum atomic E-state index is 13.7. The molecule has 0 radical (unpaired) electrons. The molecule has 0 bridgehead atoms.